The Morgan fingerprint density at radius 3 is 2.43 bits per heavy atom. The molecule has 0 radical (unpaired) electrons. The van der Waals surface area contributed by atoms with Crippen LogP contribution < -0.4 is 15.5 Å². The second-order valence-corrected chi connectivity index (χ2v) is 8.13. The number of aryl methyl sites for hydroxylation is 2. The summed E-state index contributed by atoms with van der Waals surface area (Å²) in [5.74, 6) is 0.272. The van der Waals surface area contributed by atoms with Gasteiger partial charge in [0.2, 0.25) is 0 Å². The van der Waals surface area contributed by atoms with E-state index in [1.807, 2.05) is 32.0 Å². The number of nitrogens with one attached hydrogen (secondary N) is 2. The van der Waals surface area contributed by atoms with Gasteiger partial charge in [-0.05, 0) is 74.7 Å². The minimum atomic E-state index is -0.180. The van der Waals surface area contributed by atoms with Crippen LogP contribution in [0.5, 0.6) is 5.75 Å². The zero-order chi connectivity index (χ0) is 21.5. The zero-order valence-corrected chi connectivity index (χ0v) is 18.3. The van der Waals surface area contributed by atoms with Crippen molar-refractivity contribution in [2.45, 2.75) is 39.7 Å². The quantitative estimate of drug-likeness (QED) is 0.646. The maximum Gasteiger partial charge on any atom is 0.319 e. The predicted octanol–water partition coefficient (Wildman–Crippen LogP) is 3.99. The topological polar surface area (TPSA) is 67.8 Å². The molecule has 3 rings (SSSR count). The lowest BCUT2D eigenvalue weighted by Gasteiger charge is -2.35. The number of aromatic hydroxyl groups is 1. The molecule has 6 heteroatoms. The van der Waals surface area contributed by atoms with Crippen LogP contribution in [0.15, 0.2) is 42.5 Å². The van der Waals surface area contributed by atoms with Crippen LogP contribution in [0.25, 0.3) is 0 Å². The Labute approximate surface area is 179 Å². The van der Waals surface area contributed by atoms with Crippen molar-refractivity contribution in [3.05, 3.63) is 53.6 Å². The van der Waals surface area contributed by atoms with Gasteiger partial charge < -0.3 is 25.5 Å². The summed E-state index contributed by atoms with van der Waals surface area (Å²) < 4.78 is 0. The number of phenols is 1. The summed E-state index contributed by atoms with van der Waals surface area (Å²) in [6, 6.07) is 13.3. The molecule has 0 aromatic heterocycles. The molecule has 3 N–H and O–H groups in total. The molecule has 1 aliphatic rings. The lowest BCUT2D eigenvalue weighted by Crippen LogP contribution is -2.46. The number of carbonyl (C=O) groups excluding carboxylic acids is 1. The van der Waals surface area contributed by atoms with Crippen LogP contribution in [0.1, 0.15) is 31.4 Å². The molecule has 1 saturated heterocycles. The Balaban J connectivity index is 1.48. The van der Waals surface area contributed by atoms with Gasteiger partial charge in [-0.2, -0.15) is 0 Å². The maximum atomic E-state index is 12.4. The van der Waals surface area contributed by atoms with Gasteiger partial charge in [-0.25, -0.2) is 4.79 Å². The fourth-order valence-corrected chi connectivity index (χ4v) is 3.81. The number of urea groups is 1. The maximum absolute atomic E-state index is 12.4. The van der Waals surface area contributed by atoms with E-state index in [0.717, 1.165) is 62.4 Å². The Hall–Kier alpha value is -2.73. The summed E-state index contributed by atoms with van der Waals surface area (Å²) in [4.78, 5) is 17.3. The van der Waals surface area contributed by atoms with Crippen LogP contribution in [-0.4, -0.2) is 54.8 Å². The van der Waals surface area contributed by atoms with Gasteiger partial charge >= 0.3 is 6.03 Å². The molecule has 0 bridgehead atoms. The molecule has 1 atom stereocenters. The third-order valence-electron chi connectivity index (χ3n) is 5.82. The second-order valence-electron chi connectivity index (χ2n) is 8.13. The van der Waals surface area contributed by atoms with Crippen LogP contribution in [0.3, 0.4) is 0 Å². The Kier molecular flexibility index (Phi) is 7.57. The fourth-order valence-electron chi connectivity index (χ4n) is 3.81. The molecular weight excluding hydrogens is 376 g/mol. The number of amides is 2. The van der Waals surface area contributed by atoms with E-state index in [4.69, 9.17) is 0 Å². The Morgan fingerprint density at radius 1 is 1.10 bits per heavy atom. The first-order valence-electron chi connectivity index (χ1n) is 10.9. The number of hydrogen-bond acceptors (Lipinski definition) is 4. The standard InChI is InChI=1S/C24H34N4O2/c1-4-27-13-15-28(16-14-27)21-9-12-23(18(2)17-21)26-24(30)25-19(3)5-6-20-7-10-22(29)11-8-20/h7-12,17,19,29H,4-6,13-16H2,1-3H3,(H2,25,26,30)/t19-/m1/s1. The highest BCUT2D eigenvalue weighted by molar-refractivity contribution is 5.90. The monoisotopic (exact) mass is 410 g/mol. The van der Waals surface area contributed by atoms with Crippen molar-refractivity contribution in [1.29, 1.82) is 0 Å². The van der Waals surface area contributed by atoms with Gasteiger partial charge in [0.15, 0.2) is 0 Å². The minimum absolute atomic E-state index is 0.0493. The highest BCUT2D eigenvalue weighted by Crippen LogP contribution is 2.24. The average Bonchev–Trinajstić information content (AvgIpc) is 2.75. The number of anilines is 2. The molecule has 1 heterocycles. The van der Waals surface area contributed by atoms with Gasteiger partial charge in [-0.1, -0.05) is 19.1 Å². The molecule has 2 aromatic rings. The highest BCUT2D eigenvalue weighted by Gasteiger charge is 2.17. The summed E-state index contributed by atoms with van der Waals surface area (Å²) in [5.41, 5.74) is 4.27. The SMILES string of the molecule is CCN1CCN(c2ccc(NC(=O)N[C@H](C)CCc3ccc(O)cc3)c(C)c2)CC1. The smallest absolute Gasteiger partial charge is 0.319 e. The van der Waals surface area contributed by atoms with Crippen molar-refractivity contribution in [3.63, 3.8) is 0 Å². The second kappa shape index (κ2) is 10.3. The van der Waals surface area contributed by atoms with Gasteiger partial charge in [-0.15, -0.1) is 0 Å². The van der Waals surface area contributed by atoms with Crippen LogP contribution in [-0.2, 0) is 6.42 Å². The van der Waals surface area contributed by atoms with Gasteiger partial charge in [0.05, 0.1) is 0 Å². The molecule has 1 fully saturated rings. The number of benzene rings is 2. The van der Waals surface area contributed by atoms with Crippen LogP contribution in [0.4, 0.5) is 16.2 Å². The fraction of sp³-hybridized carbons (Fsp3) is 0.458. The van der Waals surface area contributed by atoms with E-state index in [9.17, 15) is 9.90 Å². The summed E-state index contributed by atoms with van der Waals surface area (Å²) in [5, 5.41) is 15.4. The predicted molar refractivity (Wildman–Crippen MR) is 124 cm³/mol. The summed E-state index contributed by atoms with van der Waals surface area (Å²) in [6.45, 7) is 11.6. The molecule has 30 heavy (non-hydrogen) atoms. The first kappa shape index (κ1) is 22.0. The molecule has 0 unspecified atom stereocenters. The van der Waals surface area contributed by atoms with Gasteiger partial charge in [0.25, 0.3) is 0 Å². The number of hydrogen-bond donors (Lipinski definition) is 3. The Bertz CT molecular complexity index is 830. The van der Waals surface area contributed by atoms with Crippen molar-refractivity contribution in [1.82, 2.24) is 10.2 Å². The number of nitrogens with zero attached hydrogens (tertiary/aromatic N) is 2. The molecular formula is C24H34N4O2. The summed E-state index contributed by atoms with van der Waals surface area (Å²) in [6.07, 6.45) is 1.68. The van der Waals surface area contributed by atoms with E-state index in [0.29, 0.717) is 0 Å². The number of likely N-dealkylation sites (N-methyl/N-ethyl adjacent to an activating group) is 1. The highest BCUT2D eigenvalue weighted by atomic mass is 16.3. The van der Waals surface area contributed by atoms with Crippen LogP contribution in [0, 0.1) is 6.92 Å². The number of phenolic OH excluding ortho intramolecular Hbond substituents is 1. The van der Waals surface area contributed by atoms with Crippen molar-refractivity contribution >= 4 is 17.4 Å². The molecule has 6 nitrogen and oxygen atoms in total. The number of piperazine rings is 1. The third kappa shape index (κ3) is 6.13. The third-order valence-corrected chi connectivity index (χ3v) is 5.82. The van der Waals surface area contributed by atoms with E-state index in [1.54, 1.807) is 12.1 Å². The minimum Gasteiger partial charge on any atom is -0.508 e. The summed E-state index contributed by atoms with van der Waals surface area (Å²) in [7, 11) is 0. The van der Waals surface area contributed by atoms with Gasteiger partial charge in [0, 0.05) is 43.6 Å². The first-order chi connectivity index (χ1) is 14.4. The average molecular weight is 411 g/mol. The van der Waals surface area contributed by atoms with E-state index in [2.05, 4.69) is 39.5 Å². The normalized spacial score (nSPS) is 15.6. The van der Waals surface area contributed by atoms with Crippen molar-refractivity contribution in [2.75, 3.05) is 42.9 Å². The van der Waals surface area contributed by atoms with E-state index >= 15 is 0 Å². The largest absolute Gasteiger partial charge is 0.508 e. The van der Waals surface area contributed by atoms with E-state index < -0.39 is 0 Å². The lowest BCUT2D eigenvalue weighted by molar-refractivity contribution is 0.248. The van der Waals surface area contributed by atoms with Gasteiger partial charge in [-0.3, -0.25) is 0 Å². The van der Waals surface area contributed by atoms with Crippen molar-refractivity contribution in [2.24, 2.45) is 0 Å². The van der Waals surface area contributed by atoms with E-state index in [-0.39, 0.29) is 17.8 Å². The molecule has 162 valence electrons. The molecule has 0 spiro atoms. The van der Waals surface area contributed by atoms with Crippen LogP contribution >= 0.6 is 0 Å². The van der Waals surface area contributed by atoms with Crippen LogP contribution in [0.2, 0.25) is 0 Å². The van der Waals surface area contributed by atoms with Gasteiger partial charge in [0.1, 0.15) is 5.75 Å². The molecule has 0 saturated carbocycles. The lowest BCUT2D eigenvalue weighted by atomic mass is 10.1. The van der Waals surface area contributed by atoms with E-state index in [1.165, 1.54) is 5.69 Å². The number of rotatable bonds is 7. The Morgan fingerprint density at radius 2 is 1.80 bits per heavy atom. The van der Waals surface area contributed by atoms with Crippen molar-refractivity contribution < 1.29 is 9.90 Å². The molecule has 1 aliphatic heterocycles. The zero-order valence-electron chi connectivity index (χ0n) is 18.3. The number of carbonyl (C=O) groups is 1. The first-order valence-corrected chi connectivity index (χ1v) is 10.9. The molecule has 2 aromatic carbocycles. The summed E-state index contributed by atoms with van der Waals surface area (Å²) >= 11 is 0. The molecule has 2 amide bonds. The molecule has 0 aliphatic carbocycles. The van der Waals surface area contributed by atoms with Crippen molar-refractivity contribution in [3.8, 4) is 5.75 Å².